The monoisotopic (exact) mass is 664 g/mol. The van der Waals surface area contributed by atoms with Crippen LogP contribution in [0.5, 0.6) is 0 Å². The van der Waals surface area contributed by atoms with Crippen molar-refractivity contribution in [3.63, 3.8) is 0 Å². The highest BCUT2D eigenvalue weighted by atomic mass is 32.2. The molecule has 6 aromatic carbocycles. The maximum absolute atomic E-state index is 13.4. The van der Waals surface area contributed by atoms with Crippen molar-refractivity contribution in [1.29, 1.82) is 0 Å². The molecular formula is C40H28N2O6S. The first-order valence-electron chi connectivity index (χ1n) is 15.6. The molecule has 2 amide bonds. The number of hydrogen-bond donors (Lipinski definition) is 2. The summed E-state index contributed by atoms with van der Waals surface area (Å²) in [5.74, 6) is -0.503. The fraction of sp³-hybridized carbons (Fsp3) is 0.0500. The lowest BCUT2D eigenvalue weighted by molar-refractivity contribution is -0.116. The maximum atomic E-state index is 13.4. The molecule has 2 aromatic heterocycles. The van der Waals surface area contributed by atoms with Crippen LogP contribution in [0.15, 0.2) is 152 Å². The van der Waals surface area contributed by atoms with Crippen molar-refractivity contribution in [3.8, 4) is 0 Å². The van der Waals surface area contributed by atoms with Crippen LogP contribution in [-0.4, -0.2) is 20.2 Å². The summed E-state index contributed by atoms with van der Waals surface area (Å²) < 4.78 is 38.2. The normalized spacial score (nSPS) is 11.8. The minimum atomic E-state index is -3.85. The van der Waals surface area contributed by atoms with Gasteiger partial charge in [0.15, 0.2) is 0 Å². The zero-order chi connectivity index (χ0) is 33.5. The Balaban J connectivity index is 0.922. The lowest BCUT2D eigenvalue weighted by atomic mass is 10.0. The van der Waals surface area contributed by atoms with E-state index in [4.69, 9.17) is 8.83 Å². The van der Waals surface area contributed by atoms with Crippen molar-refractivity contribution in [1.82, 2.24) is 0 Å². The Morgan fingerprint density at radius 2 is 0.918 bits per heavy atom. The molecule has 49 heavy (non-hydrogen) atoms. The summed E-state index contributed by atoms with van der Waals surface area (Å²) in [5.41, 5.74) is 3.90. The third kappa shape index (κ3) is 5.70. The Hall–Kier alpha value is -6.19. The number of hydrogen-bond acceptors (Lipinski definition) is 6. The summed E-state index contributed by atoms with van der Waals surface area (Å²) in [6.07, 6.45) is 3.40. The predicted octanol–water partition coefficient (Wildman–Crippen LogP) is 8.68. The Bertz CT molecular complexity index is 2480. The third-order valence-corrected chi connectivity index (χ3v) is 10.5. The first kappa shape index (κ1) is 30.2. The van der Waals surface area contributed by atoms with E-state index in [-0.39, 0.29) is 34.4 Å². The molecule has 240 valence electrons. The second-order valence-electron chi connectivity index (χ2n) is 11.8. The predicted molar refractivity (Wildman–Crippen MR) is 190 cm³/mol. The number of amides is 2. The van der Waals surface area contributed by atoms with Crippen LogP contribution in [0.4, 0.5) is 11.4 Å². The fourth-order valence-corrected chi connectivity index (χ4v) is 7.60. The van der Waals surface area contributed by atoms with Gasteiger partial charge in [-0.2, -0.15) is 0 Å². The smallest absolute Gasteiger partial charge is 0.228 e. The van der Waals surface area contributed by atoms with Crippen LogP contribution < -0.4 is 10.6 Å². The van der Waals surface area contributed by atoms with Gasteiger partial charge >= 0.3 is 0 Å². The number of nitrogens with one attached hydrogen (secondary N) is 2. The van der Waals surface area contributed by atoms with Crippen LogP contribution in [-0.2, 0) is 32.3 Å². The van der Waals surface area contributed by atoms with Gasteiger partial charge in [0.2, 0.25) is 21.7 Å². The minimum Gasteiger partial charge on any atom is -0.464 e. The van der Waals surface area contributed by atoms with E-state index in [0.717, 1.165) is 43.4 Å². The number of carbonyl (C=O) groups excluding carboxylic acids is 2. The summed E-state index contributed by atoms with van der Waals surface area (Å²) in [6, 6.07) is 35.7. The molecule has 0 fully saturated rings. The van der Waals surface area contributed by atoms with Crippen molar-refractivity contribution in [2.45, 2.75) is 22.6 Å². The number of fused-ring (bicyclic) bond motifs is 6. The molecule has 0 saturated carbocycles. The van der Waals surface area contributed by atoms with Gasteiger partial charge in [0, 0.05) is 33.3 Å². The Kier molecular flexibility index (Phi) is 7.46. The van der Waals surface area contributed by atoms with Crippen LogP contribution in [0.1, 0.15) is 11.1 Å². The molecule has 0 saturated heterocycles. The second-order valence-corrected chi connectivity index (χ2v) is 13.8. The third-order valence-electron chi connectivity index (χ3n) is 8.68. The van der Waals surface area contributed by atoms with Gasteiger partial charge in [0.05, 0.1) is 35.2 Å². The largest absolute Gasteiger partial charge is 0.464 e. The lowest BCUT2D eigenvalue weighted by Crippen LogP contribution is -2.14. The van der Waals surface area contributed by atoms with E-state index in [1.54, 1.807) is 36.8 Å². The lowest BCUT2D eigenvalue weighted by Gasteiger charge is -2.09. The van der Waals surface area contributed by atoms with E-state index in [0.29, 0.717) is 22.5 Å². The summed E-state index contributed by atoms with van der Waals surface area (Å²) in [6.45, 7) is 0. The highest BCUT2D eigenvalue weighted by molar-refractivity contribution is 7.91. The highest BCUT2D eigenvalue weighted by Gasteiger charge is 2.19. The number of furan rings is 2. The van der Waals surface area contributed by atoms with Crippen molar-refractivity contribution in [2.75, 3.05) is 10.6 Å². The van der Waals surface area contributed by atoms with Crippen molar-refractivity contribution in [2.24, 2.45) is 0 Å². The quantitative estimate of drug-likeness (QED) is 0.168. The van der Waals surface area contributed by atoms with Crippen molar-refractivity contribution < 1.29 is 26.8 Å². The van der Waals surface area contributed by atoms with Crippen LogP contribution in [0.25, 0.3) is 43.5 Å². The Morgan fingerprint density at radius 3 is 1.35 bits per heavy atom. The number of anilines is 2. The zero-order valence-electron chi connectivity index (χ0n) is 26.0. The maximum Gasteiger partial charge on any atom is 0.228 e. The van der Waals surface area contributed by atoms with Gasteiger partial charge in [-0.05, 0) is 82.2 Å². The van der Waals surface area contributed by atoms with Gasteiger partial charge in [0.25, 0.3) is 0 Å². The molecule has 0 aliphatic carbocycles. The van der Waals surface area contributed by atoms with Gasteiger partial charge in [-0.15, -0.1) is 0 Å². The van der Waals surface area contributed by atoms with E-state index in [2.05, 4.69) is 10.6 Å². The van der Waals surface area contributed by atoms with Crippen LogP contribution in [0.2, 0.25) is 0 Å². The molecule has 8 rings (SSSR count). The van der Waals surface area contributed by atoms with Gasteiger partial charge in [-0.1, -0.05) is 60.7 Å². The summed E-state index contributed by atoms with van der Waals surface area (Å²) in [4.78, 5) is 26.1. The summed E-state index contributed by atoms with van der Waals surface area (Å²) >= 11 is 0. The average Bonchev–Trinajstić information content (AvgIpc) is 3.73. The molecule has 2 N–H and O–H groups in total. The zero-order valence-corrected chi connectivity index (χ0v) is 26.8. The molecule has 0 aliphatic rings. The topological polar surface area (TPSA) is 119 Å². The van der Waals surface area contributed by atoms with Gasteiger partial charge in [-0.25, -0.2) is 8.42 Å². The summed E-state index contributed by atoms with van der Waals surface area (Å²) in [7, 11) is -3.85. The van der Waals surface area contributed by atoms with E-state index in [1.165, 1.54) is 24.3 Å². The van der Waals surface area contributed by atoms with Crippen LogP contribution in [0.3, 0.4) is 0 Å². The van der Waals surface area contributed by atoms with Gasteiger partial charge in [-0.3, -0.25) is 9.59 Å². The number of benzene rings is 6. The second kappa shape index (κ2) is 12.1. The van der Waals surface area contributed by atoms with E-state index >= 15 is 0 Å². The van der Waals surface area contributed by atoms with Crippen molar-refractivity contribution in [3.05, 3.63) is 145 Å². The first-order chi connectivity index (χ1) is 23.8. The SMILES string of the molecule is O=C(Cc1coc2ccc3ccccc3c12)Nc1ccc(S(=O)(=O)c2ccc(NC(=O)Cc3coc4ccc5ccccc5c34)cc2)cc1. The number of sulfone groups is 1. The average molecular weight is 665 g/mol. The molecule has 8 aromatic rings. The van der Waals surface area contributed by atoms with E-state index < -0.39 is 9.84 Å². The molecule has 8 nitrogen and oxygen atoms in total. The molecule has 0 unspecified atom stereocenters. The molecule has 0 spiro atoms. The summed E-state index contributed by atoms with van der Waals surface area (Å²) in [5, 5.41) is 11.6. The standard InChI is InChI=1S/C40H28N2O6S/c43-37(21-27-23-47-35-19-9-25-5-1-3-7-33(25)39(27)35)41-29-11-15-31(16-12-29)49(45,46)32-17-13-30(14-18-32)42-38(44)22-28-24-48-36-20-10-26-6-2-4-8-34(26)40(28)36/h1-20,23-24H,21-22H2,(H,41,43)(H,42,44). The van der Waals surface area contributed by atoms with Crippen LogP contribution in [0, 0.1) is 0 Å². The minimum absolute atomic E-state index is 0.0774. The van der Waals surface area contributed by atoms with E-state index in [1.807, 2.05) is 72.8 Å². The molecule has 9 heteroatoms. The number of rotatable bonds is 8. The first-order valence-corrected chi connectivity index (χ1v) is 17.1. The number of carbonyl (C=O) groups is 2. The Morgan fingerprint density at radius 1 is 0.510 bits per heavy atom. The molecular weight excluding hydrogens is 637 g/mol. The van der Waals surface area contributed by atoms with Crippen molar-refractivity contribution >= 4 is 76.5 Å². The molecule has 0 aliphatic heterocycles. The molecule has 0 radical (unpaired) electrons. The molecule has 2 heterocycles. The van der Waals surface area contributed by atoms with Crippen LogP contribution >= 0.6 is 0 Å². The highest BCUT2D eigenvalue weighted by Crippen LogP contribution is 2.32. The van der Waals surface area contributed by atoms with Gasteiger partial charge < -0.3 is 19.5 Å². The fourth-order valence-electron chi connectivity index (χ4n) is 6.34. The molecule has 0 bridgehead atoms. The van der Waals surface area contributed by atoms with E-state index in [9.17, 15) is 18.0 Å². The Labute approximate surface area is 280 Å². The van der Waals surface area contributed by atoms with Gasteiger partial charge in [0.1, 0.15) is 11.2 Å². The molecule has 0 atom stereocenters.